The Morgan fingerprint density at radius 1 is 1.50 bits per heavy atom. The highest BCUT2D eigenvalue weighted by Crippen LogP contribution is 2.02. The molecule has 0 aliphatic carbocycles. The van der Waals surface area contributed by atoms with Crippen LogP contribution in [0.1, 0.15) is 12.5 Å². The molecule has 0 aliphatic heterocycles. The van der Waals surface area contributed by atoms with E-state index in [0.717, 1.165) is 17.4 Å². The van der Waals surface area contributed by atoms with Crippen LogP contribution in [-0.4, -0.2) is 7.85 Å². The summed E-state index contributed by atoms with van der Waals surface area (Å²) in [4.78, 5) is 0. The Labute approximate surface area is 61.5 Å². The van der Waals surface area contributed by atoms with Gasteiger partial charge in [-0.15, -0.1) is 0 Å². The Balaban J connectivity index is 3.17. The van der Waals surface area contributed by atoms with Crippen LogP contribution in [0.4, 0.5) is 4.39 Å². The van der Waals surface area contributed by atoms with Gasteiger partial charge in [-0.3, -0.25) is 0 Å². The topological polar surface area (TPSA) is 0 Å². The van der Waals surface area contributed by atoms with E-state index in [0.29, 0.717) is 0 Å². The molecule has 0 radical (unpaired) electrons. The molecule has 0 saturated carbocycles. The Kier molecular flexibility index (Phi) is 2.10. The first-order valence-electron chi connectivity index (χ1n) is 3.49. The number of benzene rings is 1. The van der Waals surface area contributed by atoms with Gasteiger partial charge in [0.2, 0.25) is 0 Å². The van der Waals surface area contributed by atoms with Crippen molar-refractivity contribution in [2.24, 2.45) is 0 Å². The van der Waals surface area contributed by atoms with Gasteiger partial charge in [0.25, 0.3) is 0 Å². The lowest BCUT2D eigenvalue weighted by Crippen LogP contribution is -2.11. The first-order valence-corrected chi connectivity index (χ1v) is 3.49. The van der Waals surface area contributed by atoms with Crippen molar-refractivity contribution in [1.82, 2.24) is 0 Å². The second-order valence-electron chi connectivity index (χ2n) is 2.39. The largest absolute Gasteiger partial charge is 0.207 e. The lowest BCUT2D eigenvalue weighted by molar-refractivity contribution is 0.614. The number of rotatable bonds is 1. The van der Waals surface area contributed by atoms with Crippen molar-refractivity contribution in [1.29, 1.82) is 0 Å². The van der Waals surface area contributed by atoms with E-state index in [1.165, 1.54) is 6.07 Å². The summed E-state index contributed by atoms with van der Waals surface area (Å²) in [6, 6.07) is 5.18. The first-order chi connectivity index (χ1) is 4.75. The van der Waals surface area contributed by atoms with Gasteiger partial charge >= 0.3 is 0 Å². The summed E-state index contributed by atoms with van der Waals surface area (Å²) in [5, 5.41) is 0. The van der Waals surface area contributed by atoms with Gasteiger partial charge in [-0.05, 0) is 18.1 Å². The van der Waals surface area contributed by atoms with Crippen molar-refractivity contribution in [3.05, 3.63) is 29.6 Å². The van der Waals surface area contributed by atoms with Crippen LogP contribution in [0, 0.1) is 5.82 Å². The van der Waals surface area contributed by atoms with E-state index in [-0.39, 0.29) is 5.82 Å². The minimum absolute atomic E-state index is 0.0810. The molecule has 0 amide bonds. The fraction of sp³-hybridized carbons (Fsp3) is 0.250. The molecule has 0 fully saturated rings. The van der Waals surface area contributed by atoms with Gasteiger partial charge in [0.15, 0.2) is 0 Å². The lowest BCUT2D eigenvalue weighted by atomic mass is 9.89. The predicted molar refractivity (Wildman–Crippen MR) is 44.0 cm³/mol. The summed E-state index contributed by atoms with van der Waals surface area (Å²) in [5.41, 5.74) is 1.88. The molecule has 1 aromatic carbocycles. The Hall–Kier alpha value is -0.785. The van der Waals surface area contributed by atoms with Gasteiger partial charge in [-0.2, -0.15) is 0 Å². The molecule has 1 rings (SSSR count). The first kappa shape index (κ1) is 7.32. The predicted octanol–water partition coefficient (Wildman–Crippen LogP) is 0.647. The average molecular weight is 136 g/mol. The van der Waals surface area contributed by atoms with E-state index in [9.17, 15) is 4.39 Å². The monoisotopic (exact) mass is 136 g/mol. The summed E-state index contributed by atoms with van der Waals surface area (Å²) in [6.07, 6.45) is 0.776. The van der Waals surface area contributed by atoms with E-state index in [1.807, 2.05) is 20.8 Å². The van der Waals surface area contributed by atoms with E-state index < -0.39 is 0 Å². The average Bonchev–Trinajstić information content (AvgIpc) is 1.88. The van der Waals surface area contributed by atoms with Crippen LogP contribution in [0.15, 0.2) is 18.2 Å². The minimum atomic E-state index is -0.0810. The molecule has 0 aliphatic rings. The number of hydrogen-bond acceptors (Lipinski definition) is 0. The van der Waals surface area contributed by atoms with Crippen LogP contribution in [-0.2, 0) is 6.42 Å². The Bertz CT molecular complexity index is 212. The molecule has 0 unspecified atom stereocenters. The zero-order valence-corrected chi connectivity index (χ0v) is 6.32. The van der Waals surface area contributed by atoms with Crippen LogP contribution in [0.25, 0.3) is 0 Å². The van der Waals surface area contributed by atoms with Gasteiger partial charge < -0.3 is 0 Å². The third-order valence-electron chi connectivity index (χ3n) is 1.71. The second-order valence-corrected chi connectivity index (χ2v) is 2.39. The minimum Gasteiger partial charge on any atom is -0.207 e. The molecule has 0 aromatic heterocycles. The third kappa shape index (κ3) is 1.20. The van der Waals surface area contributed by atoms with E-state index >= 15 is 0 Å². The van der Waals surface area contributed by atoms with Gasteiger partial charge in [-0.1, -0.05) is 24.5 Å². The Morgan fingerprint density at radius 3 is 2.60 bits per heavy atom. The fourth-order valence-corrected chi connectivity index (χ4v) is 1.11. The van der Waals surface area contributed by atoms with E-state index in [4.69, 9.17) is 0 Å². The highest BCUT2D eigenvalue weighted by atomic mass is 19.1. The normalized spacial score (nSPS) is 9.80. The zero-order chi connectivity index (χ0) is 7.56. The van der Waals surface area contributed by atoms with Crippen molar-refractivity contribution >= 4 is 13.3 Å². The summed E-state index contributed by atoms with van der Waals surface area (Å²) >= 11 is 0. The van der Waals surface area contributed by atoms with E-state index in [1.54, 1.807) is 6.07 Å². The van der Waals surface area contributed by atoms with Crippen molar-refractivity contribution in [3.63, 3.8) is 0 Å². The summed E-state index contributed by atoms with van der Waals surface area (Å²) in [6.45, 7) is 1.96. The summed E-state index contributed by atoms with van der Waals surface area (Å²) < 4.78 is 12.9. The van der Waals surface area contributed by atoms with Crippen molar-refractivity contribution < 1.29 is 4.39 Å². The Morgan fingerprint density at radius 2 is 2.20 bits per heavy atom. The smallest absolute Gasteiger partial charge is 0.139 e. The number of hydrogen-bond donors (Lipinski definition) is 0. The molecule has 52 valence electrons. The lowest BCUT2D eigenvalue weighted by Gasteiger charge is -2.02. The van der Waals surface area contributed by atoms with Crippen LogP contribution >= 0.6 is 0 Å². The third-order valence-corrected chi connectivity index (χ3v) is 1.71. The molecule has 0 spiro atoms. The SMILES string of the molecule is Bc1cccc(F)c1CC. The number of halogens is 1. The molecular weight excluding hydrogens is 126 g/mol. The van der Waals surface area contributed by atoms with Gasteiger partial charge in [0.1, 0.15) is 13.7 Å². The van der Waals surface area contributed by atoms with Crippen LogP contribution < -0.4 is 5.46 Å². The van der Waals surface area contributed by atoms with Crippen LogP contribution in [0.5, 0.6) is 0 Å². The van der Waals surface area contributed by atoms with Crippen molar-refractivity contribution in [2.45, 2.75) is 13.3 Å². The van der Waals surface area contributed by atoms with Crippen LogP contribution in [0.2, 0.25) is 0 Å². The molecule has 0 N–H and O–H groups in total. The highest BCUT2D eigenvalue weighted by Gasteiger charge is 1.99. The molecule has 10 heavy (non-hydrogen) atoms. The van der Waals surface area contributed by atoms with Gasteiger partial charge in [0, 0.05) is 0 Å². The maximum Gasteiger partial charge on any atom is 0.139 e. The van der Waals surface area contributed by atoms with Gasteiger partial charge in [-0.25, -0.2) is 4.39 Å². The van der Waals surface area contributed by atoms with Crippen LogP contribution in [0.3, 0.4) is 0 Å². The maximum atomic E-state index is 12.9. The summed E-state index contributed by atoms with van der Waals surface area (Å²) in [7, 11) is 1.93. The van der Waals surface area contributed by atoms with Crippen molar-refractivity contribution in [2.75, 3.05) is 0 Å². The summed E-state index contributed by atoms with van der Waals surface area (Å²) in [5.74, 6) is -0.0810. The second kappa shape index (κ2) is 2.87. The molecule has 2 heteroatoms. The molecule has 0 saturated heterocycles. The van der Waals surface area contributed by atoms with Crippen molar-refractivity contribution in [3.8, 4) is 0 Å². The molecule has 0 atom stereocenters. The highest BCUT2D eigenvalue weighted by molar-refractivity contribution is 6.33. The standard InChI is InChI=1S/C8H10BF/c1-2-6-7(9)4-3-5-8(6)10/h3-5H,2,9H2,1H3. The molecule has 1 aromatic rings. The molecule has 0 nitrogen and oxygen atoms in total. The molecular formula is C8H10BF. The molecule has 0 bridgehead atoms. The van der Waals surface area contributed by atoms with Gasteiger partial charge in [0.05, 0.1) is 0 Å². The van der Waals surface area contributed by atoms with E-state index in [2.05, 4.69) is 0 Å². The maximum absolute atomic E-state index is 12.9. The fourth-order valence-electron chi connectivity index (χ4n) is 1.11. The zero-order valence-electron chi connectivity index (χ0n) is 6.32. The molecule has 0 heterocycles. The quantitative estimate of drug-likeness (QED) is 0.497.